The highest BCUT2D eigenvalue weighted by Gasteiger charge is 2.49. The third-order valence-electron chi connectivity index (χ3n) is 5.69. The summed E-state index contributed by atoms with van der Waals surface area (Å²) in [4.78, 5) is 15.4. The second kappa shape index (κ2) is 7.21. The maximum Gasteiger partial charge on any atom is 0.240 e. The number of carbonyl (C=O) groups excluding carboxylic acids is 1. The molecule has 1 amide bonds. The van der Waals surface area contributed by atoms with Crippen molar-refractivity contribution in [3.8, 4) is 11.1 Å². The van der Waals surface area contributed by atoms with Crippen LogP contribution in [0.15, 0.2) is 36.7 Å². The molecule has 1 aliphatic carbocycles. The van der Waals surface area contributed by atoms with Gasteiger partial charge in [-0.05, 0) is 30.4 Å². The summed E-state index contributed by atoms with van der Waals surface area (Å²) in [5.41, 5.74) is 2.98. The Balaban J connectivity index is 1.48. The lowest BCUT2D eigenvalue weighted by atomic mass is 9.74. The summed E-state index contributed by atoms with van der Waals surface area (Å²) in [6, 6.07) is 8.20. The number of carbonyl (C=O) groups is 1. The molecule has 1 aliphatic heterocycles. The predicted molar refractivity (Wildman–Crippen MR) is 99.5 cm³/mol. The van der Waals surface area contributed by atoms with Gasteiger partial charge in [0, 0.05) is 38.4 Å². The first-order valence-corrected chi connectivity index (χ1v) is 9.37. The molecule has 0 atom stereocenters. The third kappa shape index (κ3) is 3.15. The molecule has 2 fully saturated rings. The minimum Gasteiger partial charge on any atom is -0.379 e. The van der Waals surface area contributed by atoms with Crippen LogP contribution in [0.25, 0.3) is 11.1 Å². The molecule has 1 saturated carbocycles. The number of rotatable bonds is 5. The van der Waals surface area contributed by atoms with Crippen molar-refractivity contribution in [2.24, 2.45) is 7.05 Å². The van der Waals surface area contributed by atoms with E-state index in [-0.39, 0.29) is 11.4 Å². The summed E-state index contributed by atoms with van der Waals surface area (Å²) in [7, 11) is 1.91. The number of hydrogen-bond donors (Lipinski definition) is 1. The molecule has 1 N–H and O–H groups in total. The van der Waals surface area contributed by atoms with Crippen molar-refractivity contribution in [2.75, 3.05) is 26.3 Å². The van der Waals surface area contributed by atoms with Gasteiger partial charge in [0.15, 0.2) is 0 Å². The van der Waals surface area contributed by atoms with Crippen molar-refractivity contribution < 1.29 is 9.53 Å². The van der Waals surface area contributed by atoms with Crippen LogP contribution in [0.5, 0.6) is 0 Å². The van der Waals surface area contributed by atoms with Gasteiger partial charge < -0.3 is 10.1 Å². The monoisotopic (exact) mass is 354 g/mol. The first kappa shape index (κ1) is 17.2. The van der Waals surface area contributed by atoms with Gasteiger partial charge in [0.05, 0.1) is 19.4 Å². The van der Waals surface area contributed by atoms with Crippen molar-refractivity contribution in [1.82, 2.24) is 20.0 Å². The molecular weight excluding hydrogens is 328 g/mol. The zero-order valence-electron chi connectivity index (χ0n) is 15.3. The first-order valence-electron chi connectivity index (χ1n) is 9.37. The quantitative estimate of drug-likeness (QED) is 0.892. The number of aromatic nitrogens is 2. The van der Waals surface area contributed by atoms with E-state index in [9.17, 15) is 4.79 Å². The van der Waals surface area contributed by atoms with E-state index >= 15 is 0 Å². The maximum absolute atomic E-state index is 13.1. The lowest BCUT2D eigenvalue weighted by Gasteiger charge is -2.50. The largest absolute Gasteiger partial charge is 0.379 e. The summed E-state index contributed by atoms with van der Waals surface area (Å²) in [5, 5.41) is 7.47. The highest BCUT2D eigenvalue weighted by Crippen LogP contribution is 2.38. The van der Waals surface area contributed by atoms with Crippen LogP contribution in [0, 0.1) is 0 Å². The fraction of sp³-hybridized carbons (Fsp3) is 0.500. The summed E-state index contributed by atoms with van der Waals surface area (Å²) in [6.07, 6.45) is 6.88. The van der Waals surface area contributed by atoms with Crippen molar-refractivity contribution in [3.63, 3.8) is 0 Å². The van der Waals surface area contributed by atoms with E-state index in [4.69, 9.17) is 4.74 Å². The number of morpholine rings is 1. The van der Waals surface area contributed by atoms with Gasteiger partial charge in [-0.3, -0.25) is 14.4 Å². The van der Waals surface area contributed by atoms with Crippen LogP contribution in [-0.4, -0.2) is 52.4 Å². The van der Waals surface area contributed by atoms with E-state index in [1.165, 1.54) is 0 Å². The van der Waals surface area contributed by atoms with Gasteiger partial charge in [-0.25, -0.2) is 0 Å². The van der Waals surface area contributed by atoms with E-state index in [1.54, 1.807) is 4.68 Å². The van der Waals surface area contributed by atoms with E-state index in [2.05, 4.69) is 27.4 Å². The van der Waals surface area contributed by atoms with E-state index in [1.807, 2.05) is 31.6 Å². The van der Waals surface area contributed by atoms with Gasteiger partial charge in [-0.1, -0.05) is 24.3 Å². The van der Waals surface area contributed by atoms with Crippen LogP contribution in [0.3, 0.4) is 0 Å². The Morgan fingerprint density at radius 2 is 2.04 bits per heavy atom. The Morgan fingerprint density at radius 3 is 2.69 bits per heavy atom. The molecule has 0 radical (unpaired) electrons. The minimum absolute atomic E-state index is 0.159. The van der Waals surface area contributed by atoms with Crippen molar-refractivity contribution in [1.29, 1.82) is 0 Å². The van der Waals surface area contributed by atoms with Crippen molar-refractivity contribution in [3.05, 3.63) is 42.2 Å². The van der Waals surface area contributed by atoms with Gasteiger partial charge in [0.2, 0.25) is 5.91 Å². The third-order valence-corrected chi connectivity index (χ3v) is 5.69. The molecule has 138 valence electrons. The second-order valence-corrected chi connectivity index (χ2v) is 7.23. The molecule has 2 aliphatic rings. The summed E-state index contributed by atoms with van der Waals surface area (Å²) < 4.78 is 7.26. The van der Waals surface area contributed by atoms with Gasteiger partial charge >= 0.3 is 0 Å². The second-order valence-electron chi connectivity index (χ2n) is 7.23. The molecule has 4 rings (SSSR count). The number of amides is 1. The zero-order chi connectivity index (χ0) is 18.0. The smallest absolute Gasteiger partial charge is 0.240 e. The Labute approximate surface area is 154 Å². The van der Waals surface area contributed by atoms with E-state index in [0.717, 1.165) is 62.3 Å². The van der Waals surface area contributed by atoms with E-state index < -0.39 is 0 Å². The number of benzene rings is 1. The minimum atomic E-state index is -0.326. The van der Waals surface area contributed by atoms with Crippen LogP contribution in [0.1, 0.15) is 24.8 Å². The van der Waals surface area contributed by atoms with Crippen molar-refractivity contribution in [2.45, 2.75) is 31.3 Å². The normalized spacial score (nSPS) is 19.7. The Hall–Kier alpha value is -2.18. The fourth-order valence-corrected chi connectivity index (χ4v) is 4.05. The van der Waals surface area contributed by atoms with Crippen molar-refractivity contribution >= 4 is 5.91 Å². The van der Waals surface area contributed by atoms with Crippen LogP contribution in [0.4, 0.5) is 0 Å². The predicted octanol–water partition coefficient (Wildman–Crippen LogP) is 1.96. The highest BCUT2D eigenvalue weighted by atomic mass is 16.5. The van der Waals surface area contributed by atoms with Crippen LogP contribution < -0.4 is 5.32 Å². The molecule has 0 spiro atoms. The molecular formula is C20H26N4O2. The standard InChI is InChI=1S/C20H26N4O2/c1-23-15-17(14-22-23)18-6-3-2-5-16(18)13-21-19(25)20(7-4-8-20)24-9-11-26-12-10-24/h2-3,5-6,14-15H,4,7-13H2,1H3,(H,21,25). The Morgan fingerprint density at radius 1 is 1.27 bits per heavy atom. The number of hydrogen-bond acceptors (Lipinski definition) is 4. The van der Waals surface area contributed by atoms with Crippen LogP contribution in [-0.2, 0) is 23.1 Å². The Kier molecular flexibility index (Phi) is 4.78. The molecule has 1 aromatic carbocycles. The first-order chi connectivity index (χ1) is 12.7. The lowest BCUT2D eigenvalue weighted by Crippen LogP contribution is -2.64. The van der Waals surface area contributed by atoms with Gasteiger partial charge in [0.25, 0.3) is 0 Å². The van der Waals surface area contributed by atoms with Gasteiger partial charge in [0.1, 0.15) is 5.54 Å². The summed E-state index contributed by atoms with van der Waals surface area (Å²) in [6.45, 7) is 3.67. The van der Waals surface area contributed by atoms with Gasteiger partial charge in [-0.15, -0.1) is 0 Å². The Bertz CT molecular complexity index is 776. The highest BCUT2D eigenvalue weighted by molar-refractivity contribution is 5.87. The average Bonchev–Trinajstić information content (AvgIpc) is 3.06. The molecule has 6 heteroatoms. The van der Waals surface area contributed by atoms with Gasteiger partial charge in [-0.2, -0.15) is 5.10 Å². The number of nitrogens with zero attached hydrogens (tertiary/aromatic N) is 3. The molecule has 2 heterocycles. The lowest BCUT2D eigenvalue weighted by molar-refractivity contribution is -0.144. The maximum atomic E-state index is 13.1. The number of nitrogens with one attached hydrogen (secondary N) is 1. The fourth-order valence-electron chi connectivity index (χ4n) is 4.05. The number of ether oxygens (including phenoxy) is 1. The number of aryl methyl sites for hydroxylation is 1. The van der Waals surface area contributed by atoms with Crippen LogP contribution >= 0.6 is 0 Å². The van der Waals surface area contributed by atoms with E-state index in [0.29, 0.717) is 6.54 Å². The summed E-state index contributed by atoms with van der Waals surface area (Å²) in [5.74, 6) is 0.159. The molecule has 0 unspecified atom stereocenters. The molecule has 2 aromatic rings. The zero-order valence-corrected chi connectivity index (χ0v) is 15.3. The molecule has 6 nitrogen and oxygen atoms in total. The summed E-state index contributed by atoms with van der Waals surface area (Å²) >= 11 is 0. The average molecular weight is 354 g/mol. The molecule has 26 heavy (non-hydrogen) atoms. The molecule has 0 bridgehead atoms. The molecule has 1 saturated heterocycles. The molecule has 1 aromatic heterocycles. The topological polar surface area (TPSA) is 59.4 Å². The van der Waals surface area contributed by atoms with Crippen LogP contribution in [0.2, 0.25) is 0 Å². The SMILES string of the molecule is Cn1cc(-c2ccccc2CNC(=O)C2(N3CCOCC3)CCC2)cn1.